The summed E-state index contributed by atoms with van der Waals surface area (Å²) < 4.78 is 4.97. The molecule has 1 aromatic heterocycles. The van der Waals surface area contributed by atoms with E-state index in [-0.39, 0.29) is 0 Å². The first kappa shape index (κ1) is 11.2. The fraction of sp³-hybridized carbons (Fsp3) is 0.556. The summed E-state index contributed by atoms with van der Waals surface area (Å²) in [5.41, 5.74) is 0. The van der Waals surface area contributed by atoms with E-state index < -0.39 is 0 Å². The Morgan fingerprint density at radius 2 is 2.29 bits per heavy atom. The van der Waals surface area contributed by atoms with Crippen molar-refractivity contribution < 1.29 is 4.74 Å². The normalized spacial score (nSPS) is 10.2. The van der Waals surface area contributed by atoms with E-state index in [1.54, 1.807) is 13.2 Å². The molecule has 4 nitrogen and oxygen atoms in total. The Balaban J connectivity index is 2.47. The third-order valence-corrected chi connectivity index (χ3v) is 2.06. The number of hydrogen-bond donors (Lipinski definition) is 0. The molecule has 0 amide bonds. The molecule has 0 unspecified atom stereocenters. The van der Waals surface area contributed by atoms with Crippen LogP contribution in [0.15, 0.2) is 12.4 Å². The lowest BCUT2D eigenvalue weighted by Gasteiger charge is -2.17. The van der Waals surface area contributed by atoms with Crippen LogP contribution in [0.2, 0.25) is 5.15 Å². The molecular weight excluding hydrogens is 202 g/mol. The number of aromatic nitrogens is 2. The number of methoxy groups -OCH3 is 1. The van der Waals surface area contributed by atoms with Gasteiger partial charge in [0.15, 0.2) is 0 Å². The van der Waals surface area contributed by atoms with E-state index in [0.717, 1.165) is 25.4 Å². The molecule has 0 saturated heterocycles. The van der Waals surface area contributed by atoms with Crippen LogP contribution < -0.4 is 4.90 Å². The third kappa shape index (κ3) is 3.47. The number of hydrogen-bond acceptors (Lipinski definition) is 4. The average molecular weight is 216 g/mol. The van der Waals surface area contributed by atoms with Crippen molar-refractivity contribution in [3.8, 4) is 0 Å². The highest BCUT2D eigenvalue weighted by atomic mass is 35.5. The van der Waals surface area contributed by atoms with Crippen LogP contribution in [0, 0.1) is 0 Å². The number of ether oxygens (including phenoxy) is 1. The molecule has 0 spiro atoms. The predicted octanol–water partition coefficient (Wildman–Crippen LogP) is 1.60. The Morgan fingerprint density at radius 1 is 1.50 bits per heavy atom. The highest BCUT2D eigenvalue weighted by molar-refractivity contribution is 6.29. The lowest BCUT2D eigenvalue weighted by atomic mass is 10.4. The van der Waals surface area contributed by atoms with Crippen LogP contribution in [0.4, 0.5) is 5.82 Å². The first-order valence-electron chi connectivity index (χ1n) is 4.41. The second-order valence-electron chi connectivity index (χ2n) is 2.97. The molecule has 78 valence electrons. The van der Waals surface area contributed by atoms with Crippen molar-refractivity contribution >= 4 is 17.4 Å². The Morgan fingerprint density at radius 3 is 2.93 bits per heavy atom. The quantitative estimate of drug-likeness (QED) is 0.553. The summed E-state index contributed by atoms with van der Waals surface area (Å²) in [6.45, 7) is 1.64. The average Bonchev–Trinajstić information content (AvgIpc) is 2.18. The number of halogens is 1. The summed E-state index contributed by atoms with van der Waals surface area (Å²) in [6.07, 6.45) is 2.43. The van der Waals surface area contributed by atoms with Crippen molar-refractivity contribution in [1.82, 2.24) is 9.97 Å². The summed E-state index contributed by atoms with van der Waals surface area (Å²) in [4.78, 5) is 9.95. The van der Waals surface area contributed by atoms with Crippen LogP contribution in [0.1, 0.15) is 6.42 Å². The van der Waals surface area contributed by atoms with E-state index in [1.807, 2.05) is 11.9 Å². The molecule has 0 aliphatic carbocycles. The zero-order chi connectivity index (χ0) is 10.4. The van der Waals surface area contributed by atoms with E-state index in [2.05, 4.69) is 9.97 Å². The predicted molar refractivity (Wildman–Crippen MR) is 56.8 cm³/mol. The summed E-state index contributed by atoms with van der Waals surface area (Å²) in [5.74, 6) is 0.834. The van der Waals surface area contributed by atoms with Crippen molar-refractivity contribution in [2.75, 3.05) is 32.2 Å². The van der Waals surface area contributed by atoms with Crippen LogP contribution in [-0.2, 0) is 4.74 Å². The molecular formula is C9H14ClN3O. The van der Waals surface area contributed by atoms with Gasteiger partial charge in [0.05, 0.1) is 0 Å². The first-order valence-corrected chi connectivity index (χ1v) is 4.79. The van der Waals surface area contributed by atoms with Gasteiger partial charge in [0.25, 0.3) is 0 Å². The summed E-state index contributed by atoms with van der Waals surface area (Å²) in [6, 6.07) is 1.74. The van der Waals surface area contributed by atoms with Crippen molar-refractivity contribution in [3.63, 3.8) is 0 Å². The molecule has 1 aromatic rings. The zero-order valence-electron chi connectivity index (χ0n) is 8.40. The Labute approximate surface area is 88.9 Å². The number of rotatable bonds is 5. The smallest absolute Gasteiger partial charge is 0.134 e. The maximum atomic E-state index is 5.75. The second kappa shape index (κ2) is 5.78. The van der Waals surface area contributed by atoms with Crippen molar-refractivity contribution in [2.24, 2.45) is 0 Å². The van der Waals surface area contributed by atoms with Gasteiger partial charge in [-0.15, -0.1) is 0 Å². The van der Waals surface area contributed by atoms with Crippen LogP contribution in [0.3, 0.4) is 0 Å². The van der Waals surface area contributed by atoms with Crippen LogP contribution in [0.5, 0.6) is 0 Å². The third-order valence-electron chi connectivity index (χ3n) is 1.85. The lowest BCUT2D eigenvalue weighted by molar-refractivity contribution is 0.196. The maximum Gasteiger partial charge on any atom is 0.134 e. The second-order valence-corrected chi connectivity index (χ2v) is 3.35. The monoisotopic (exact) mass is 215 g/mol. The minimum Gasteiger partial charge on any atom is -0.385 e. The fourth-order valence-electron chi connectivity index (χ4n) is 1.09. The largest absolute Gasteiger partial charge is 0.385 e. The molecule has 0 fully saturated rings. The van der Waals surface area contributed by atoms with Gasteiger partial charge in [-0.1, -0.05) is 11.6 Å². The van der Waals surface area contributed by atoms with Gasteiger partial charge >= 0.3 is 0 Å². The molecule has 14 heavy (non-hydrogen) atoms. The van der Waals surface area contributed by atoms with Crippen LogP contribution in [-0.4, -0.2) is 37.3 Å². The lowest BCUT2D eigenvalue weighted by Crippen LogP contribution is -2.20. The highest BCUT2D eigenvalue weighted by Crippen LogP contribution is 2.12. The van der Waals surface area contributed by atoms with Crippen LogP contribution >= 0.6 is 11.6 Å². The van der Waals surface area contributed by atoms with Gasteiger partial charge in [-0.25, -0.2) is 9.97 Å². The molecule has 0 bridgehead atoms. The van der Waals surface area contributed by atoms with Crippen LogP contribution in [0.25, 0.3) is 0 Å². The summed E-state index contributed by atoms with van der Waals surface area (Å²) in [7, 11) is 3.66. The van der Waals surface area contributed by atoms with Gasteiger partial charge in [0, 0.05) is 33.4 Å². The Bertz CT molecular complexity index is 283. The Kier molecular flexibility index (Phi) is 4.62. The molecule has 0 atom stereocenters. The van der Waals surface area contributed by atoms with Gasteiger partial charge in [-0.05, 0) is 6.42 Å². The zero-order valence-corrected chi connectivity index (χ0v) is 9.16. The minimum absolute atomic E-state index is 0.466. The van der Waals surface area contributed by atoms with Gasteiger partial charge in [-0.3, -0.25) is 0 Å². The standard InChI is InChI=1S/C9H14ClN3O/c1-13(4-3-5-14-2)9-6-8(10)11-7-12-9/h6-7H,3-5H2,1-2H3. The highest BCUT2D eigenvalue weighted by Gasteiger charge is 2.02. The van der Waals surface area contributed by atoms with Gasteiger partial charge in [0.2, 0.25) is 0 Å². The maximum absolute atomic E-state index is 5.75. The minimum atomic E-state index is 0.466. The Hall–Kier alpha value is -0.870. The number of anilines is 1. The number of nitrogens with zero attached hydrogens (tertiary/aromatic N) is 3. The van der Waals surface area contributed by atoms with E-state index in [0.29, 0.717) is 5.15 Å². The van der Waals surface area contributed by atoms with E-state index >= 15 is 0 Å². The molecule has 5 heteroatoms. The van der Waals surface area contributed by atoms with Crippen molar-refractivity contribution in [3.05, 3.63) is 17.5 Å². The van der Waals surface area contributed by atoms with E-state index in [9.17, 15) is 0 Å². The molecule has 1 rings (SSSR count). The summed E-state index contributed by atoms with van der Waals surface area (Å²) in [5, 5.41) is 0.466. The SMILES string of the molecule is COCCCN(C)c1cc(Cl)ncn1. The molecule has 0 aliphatic heterocycles. The fourth-order valence-corrected chi connectivity index (χ4v) is 1.23. The van der Waals surface area contributed by atoms with Crippen molar-refractivity contribution in [1.29, 1.82) is 0 Å². The van der Waals surface area contributed by atoms with E-state index in [4.69, 9.17) is 16.3 Å². The molecule has 1 heterocycles. The molecule has 0 saturated carbocycles. The molecule has 0 aromatic carbocycles. The van der Waals surface area contributed by atoms with Gasteiger partial charge < -0.3 is 9.64 Å². The molecule has 0 radical (unpaired) electrons. The van der Waals surface area contributed by atoms with Gasteiger partial charge in [0.1, 0.15) is 17.3 Å². The topological polar surface area (TPSA) is 38.2 Å². The van der Waals surface area contributed by atoms with Gasteiger partial charge in [-0.2, -0.15) is 0 Å². The van der Waals surface area contributed by atoms with Crippen molar-refractivity contribution in [2.45, 2.75) is 6.42 Å². The van der Waals surface area contributed by atoms with E-state index in [1.165, 1.54) is 6.33 Å². The molecule has 0 N–H and O–H groups in total. The summed E-state index contributed by atoms with van der Waals surface area (Å²) >= 11 is 5.75. The molecule has 0 aliphatic rings. The first-order chi connectivity index (χ1) is 6.74.